The number of pyridine rings is 1. The lowest BCUT2D eigenvalue weighted by Gasteiger charge is -2.19. The molecule has 0 bridgehead atoms. The van der Waals surface area contributed by atoms with Gasteiger partial charge >= 0.3 is 0 Å². The Kier molecular flexibility index (Phi) is 6.76. The Bertz CT molecular complexity index is 1290. The average molecular weight is 466 g/mol. The molecule has 1 N–H and O–H groups in total. The molecule has 3 aromatic heterocycles. The molecular weight excluding hydrogens is 438 g/mol. The summed E-state index contributed by atoms with van der Waals surface area (Å²) in [6, 6.07) is 7.23. The van der Waals surface area contributed by atoms with Crippen LogP contribution in [0.25, 0.3) is 22.3 Å². The molecule has 0 atom stereocenters. The van der Waals surface area contributed by atoms with E-state index >= 15 is 0 Å². The highest BCUT2D eigenvalue weighted by Gasteiger charge is 2.20. The van der Waals surface area contributed by atoms with Gasteiger partial charge in [0.05, 0.1) is 29.3 Å². The molecule has 4 rings (SSSR count). The predicted molar refractivity (Wildman–Crippen MR) is 130 cm³/mol. The number of nitrogens with zero attached hydrogens (tertiary/aromatic N) is 6. The van der Waals surface area contributed by atoms with Crippen LogP contribution in [0.3, 0.4) is 0 Å². The van der Waals surface area contributed by atoms with Crippen molar-refractivity contribution in [3.63, 3.8) is 0 Å². The fourth-order valence-electron chi connectivity index (χ4n) is 3.85. The lowest BCUT2D eigenvalue weighted by Crippen LogP contribution is -2.26. The molecular formula is C24H28ClN7O. The van der Waals surface area contributed by atoms with E-state index in [0.717, 1.165) is 42.0 Å². The van der Waals surface area contributed by atoms with Gasteiger partial charge in [0.25, 0.3) is 5.91 Å². The maximum atomic E-state index is 13.6. The maximum Gasteiger partial charge on any atom is 0.254 e. The molecule has 0 saturated heterocycles. The Hall–Kier alpha value is -3.23. The van der Waals surface area contributed by atoms with Gasteiger partial charge in [0.1, 0.15) is 5.69 Å². The largest absolute Gasteiger partial charge is 0.337 e. The number of carbonyl (C=O) groups excluding carboxylic acids is 1. The number of aromatic nitrogens is 5. The van der Waals surface area contributed by atoms with Gasteiger partial charge in [-0.1, -0.05) is 11.6 Å². The highest BCUT2D eigenvalue weighted by molar-refractivity contribution is 6.31. The molecule has 1 aromatic carbocycles. The van der Waals surface area contributed by atoms with E-state index in [4.69, 9.17) is 16.6 Å². The summed E-state index contributed by atoms with van der Waals surface area (Å²) in [5.74, 6) is -0.107. The molecule has 0 spiro atoms. The predicted octanol–water partition coefficient (Wildman–Crippen LogP) is 3.77. The standard InChI is InChI=1S/C24H28ClN7O/c1-5-32-16(2)17(12-28-32)13-30(4)24(33)20-11-22(23-14-31(15-27-23)9-8-26-3)29-21-7-6-18(25)10-19(20)21/h6-7,10-12,14-15,26H,5,8-9,13H2,1-4H3. The second kappa shape index (κ2) is 9.72. The van der Waals surface area contributed by atoms with E-state index in [1.54, 1.807) is 30.4 Å². The first-order valence-corrected chi connectivity index (χ1v) is 11.3. The summed E-state index contributed by atoms with van der Waals surface area (Å²) in [6.07, 6.45) is 5.55. The number of rotatable bonds is 8. The quantitative estimate of drug-likeness (QED) is 0.428. The number of carbonyl (C=O) groups is 1. The second-order valence-electron chi connectivity index (χ2n) is 8.05. The van der Waals surface area contributed by atoms with Crippen molar-refractivity contribution in [2.45, 2.75) is 33.5 Å². The molecule has 0 unspecified atom stereocenters. The summed E-state index contributed by atoms with van der Waals surface area (Å²) < 4.78 is 3.93. The van der Waals surface area contributed by atoms with E-state index in [2.05, 4.69) is 15.4 Å². The zero-order valence-electron chi connectivity index (χ0n) is 19.3. The van der Waals surface area contributed by atoms with Gasteiger partial charge in [-0.3, -0.25) is 9.48 Å². The molecule has 172 valence electrons. The average Bonchev–Trinajstić information content (AvgIpc) is 3.43. The van der Waals surface area contributed by atoms with Crippen LogP contribution in [-0.4, -0.2) is 55.8 Å². The Morgan fingerprint density at radius 1 is 1.24 bits per heavy atom. The van der Waals surface area contributed by atoms with Gasteiger partial charge in [-0.15, -0.1) is 0 Å². The zero-order chi connectivity index (χ0) is 23.5. The van der Waals surface area contributed by atoms with Crippen molar-refractivity contribution in [3.05, 3.63) is 64.8 Å². The minimum Gasteiger partial charge on any atom is -0.337 e. The number of benzene rings is 1. The lowest BCUT2D eigenvalue weighted by atomic mass is 10.0. The molecule has 0 aliphatic carbocycles. The first-order chi connectivity index (χ1) is 15.9. The number of likely N-dealkylation sites (N-methyl/N-ethyl adjacent to an activating group) is 1. The second-order valence-corrected chi connectivity index (χ2v) is 8.49. The Morgan fingerprint density at radius 2 is 2.06 bits per heavy atom. The monoisotopic (exact) mass is 465 g/mol. The molecule has 33 heavy (non-hydrogen) atoms. The third-order valence-corrected chi connectivity index (χ3v) is 6.01. The first kappa shape index (κ1) is 22.9. The normalized spacial score (nSPS) is 11.3. The van der Waals surface area contributed by atoms with Crippen LogP contribution in [0.5, 0.6) is 0 Å². The Morgan fingerprint density at radius 3 is 2.79 bits per heavy atom. The van der Waals surface area contributed by atoms with Crippen molar-refractivity contribution in [2.75, 3.05) is 20.6 Å². The molecule has 3 heterocycles. The van der Waals surface area contributed by atoms with E-state index in [0.29, 0.717) is 28.3 Å². The topological polar surface area (TPSA) is 80.9 Å². The summed E-state index contributed by atoms with van der Waals surface area (Å²) in [4.78, 5) is 24.6. The number of fused-ring (bicyclic) bond motifs is 1. The van der Waals surface area contributed by atoms with Crippen molar-refractivity contribution in [2.24, 2.45) is 0 Å². The minimum atomic E-state index is -0.107. The number of halogens is 1. The molecule has 0 aliphatic rings. The van der Waals surface area contributed by atoms with Gasteiger partial charge in [0.15, 0.2) is 0 Å². The molecule has 4 aromatic rings. The third kappa shape index (κ3) is 4.77. The SMILES string of the molecule is CCn1ncc(CN(C)C(=O)c2cc(-c3cn(CCNC)cn3)nc3ccc(Cl)cc23)c1C. The van der Waals surface area contributed by atoms with E-state index in [-0.39, 0.29) is 5.91 Å². The van der Waals surface area contributed by atoms with Crippen LogP contribution in [0.15, 0.2) is 43.0 Å². The van der Waals surface area contributed by atoms with Crippen LogP contribution in [0.2, 0.25) is 5.02 Å². The summed E-state index contributed by atoms with van der Waals surface area (Å²) in [5.41, 5.74) is 4.71. The fraction of sp³-hybridized carbons (Fsp3) is 0.333. The highest BCUT2D eigenvalue weighted by Crippen LogP contribution is 2.27. The number of hydrogen-bond donors (Lipinski definition) is 1. The van der Waals surface area contributed by atoms with Gasteiger partial charge < -0.3 is 14.8 Å². The van der Waals surface area contributed by atoms with Crippen molar-refractivity contribution >= 4 is 28.4 Å². The summed E-state index contributed by atoms with van der Waals surface area (Å²) >= 11 is 6.27. The Balaban J connectivity index is 1.71. The Labute approximate surface area is 198 Å². The summed E-state index contributed by atoms with van der Waals surface area (Å²) in [7, 11) is 3.71. The fourth-order valence-corrected chi connectivity index (χ4v) is 4.03. The number of hydrogen-bond acceptors (Lipinski definition) is 5. The molecule has 9 heteroatoms. The van der Waals surface area contributed by atoms with Crippen molar-refractivity contribution < 1.29 is 4.79 Å². The van der Waals surface area contributed by atoms with Crippen LogP contribution in [-0.2, 0) is 19.6 Å². The van der Waals surface area contributed by atoms with E-state index in [1.165, 1.54) is 0 Å². The van der Waals surface area contributed by atoms with Crippen LogP contribution in [0, 0.1) is 6.92 Å². The minimum absolute atomic E-state index is 0.107. The van der Waals surface area contributed by atoms with E-state index < -0.39 is 0 Å². The van der Waals surface area contributed by atoms with Crippen molar-refractivity contribution in [3.8, 4) is 11.4 Å². The first-order valence-electron chi connectivity index (χ1n) is 10.9. The van der Waals surface area contributed by atoms with Crippen LogP contribution >= 0.6 is 11.6 Å². The van der Waals surface area contributed by atoms with Crippen LogP contribution in [0.1, 0.15) is 28.5 Å². The summed E-state index contributed by atoms with van der Waals surface area (Å²) in [5, 5.41) is 8.80. The molecule has 0 aliphatic heterocycles. The molecule has 0 radical (unpaired) electrons. The van der Waals surface area contributed by atoms with Gasteiger partial charge in [-0.25, -0.2) is 9.97 Å². The van der Waals surface area contributed by atoms with Gasteiger partial charge in [-0.2, -0.15) is 5.10 Å². The zero-order valence-corrected chi connectivity index (χ0v) is 20.1. The summed E-state index contributed by atoms with van der Waals surface area (Å²) in [6.45, 7) is 6.96. The van der Waals surface area contributed by atoms with Gasteiger partial charge in [-0.05, 0) is 45.2 Å². The molecule has 0 fully saturated rings. The number of amides is 1. The van der Waals surface area contributed by atoms with Gasteiger partial charge in [0, 0.05) is 61.1 Å². The van der Waals surface area contributed by atoms with Gasteiger partial charge in [0.2, 0.25) is 0 Å². The van der Waals surface area contributed by atoms with Crippen LogP contribution in [0.4, 0.5) is 0 Å². The third-order valence-electron chi connectivity index (χ3n) is 5.78. The maximum absolute atomic E-state index is 13.6. The number of nitrogens with one attached hydrogen (secondary N) is 1. The van der Waals surface area contributed by atoms with E-state index in [9.17, 15) is 4.79 Å². The number of aryl methyl sites for hydroxylation is 1. The molecule has 0 saturated carbocycles. The van der Waals surface area contributed by atoms with E-state index in [1.807, 2.05) is 54.7 Å². The lowest BCUT2D eigenvalue weighted by molar-refractivity contribution is 0.0787. The highest BCUT2D eigenvalue weighted by atomic mass is 35.5. The molecule has 1 amide bonds. The van der Waals surface area contributed by atoms with Crippen molar-refractivity contribution in [1.82, 2.24) is 34.5 Å². The molecule has 8 nitrogen and oxygen atoms in total. The van der Waals surface area contributed by atoms with Crippen LogP contribution < -0.4 is 5.32 Å². The van der Waals surface area contributed by atoms with Crippen molar-refractivity contribution in [1.29, 1.82) is 0 Å². The smallest absolute Gasteiger partial charge is 0.254 e. The number of imidazole rings is 1.